The molecule has 4 rings (SSSR count). The molecule has 0 atom stereocenters. The number of allylic oxidation sites excluding steroid dienone is 6. The second kappa shape index (κ2) is 12.5. The maximum atomic E-state index is 4.94. The average molecular weight is 565 g/mol. The van der Waals surface area contributed by atoms with Crippen LogP contribution in [0.25, 0.3) is 11.1 Å². The molecule has 226 valence electrons. The van der Waals surface area contributed by atoms with Crippen molar-refractivity contribution in [3.63, 3.8) is 0 Å². The molecular formula is C40H56N2. The lowest BCUT2D eigenvalue weighted by Gasteiger charge is -2.45. The smallest absolute Gasteiger partial charge is 0.0385 e. The Labute approximate surface area is 257 Å². The molecule has 2 aliphatic rings. The minimum Gasteiger partial charge on any atom is -0.307 e. The molecule has 2 aromatic rings. The van der Waals surface area contributed by atoms with Gasteiger partial charge in [0.05, 0.1) is 0 Å². The van der Waals surface area contributed by atoms with E-state index in [2.05, 4.69) is 154 Å². The molecule has 0 radical (unpaired) electrons. The molecule has 1 aliphatic carbocycles. The van der Waals surface area contributed by atoms with Gasteiger partial charge in [0.25, 0.3) is 0 Å². The number of benzene rings is 2. The largest absolute Gasteiger partial charge is 0.307 e. The lowest BCUT2D eigenvalue weighted by Crippen LogP contribution is -2.58. The molecule has 2 aromatic carbocycles. The highest BCUT2D eigenvalue weighted by Gasteiger charge is 2.36. The monoisotopic (exact) mass is 564 g/mol. The normalized spacial score (nSPS) is 20.0. The highest BCUT2D eigenvalue weighted by molar-refractivity contribution is 5.84. The summed E-state index contributed by atoms with van der Waals surface area (Å²) in [6.07, 6.45) is 16.3. The zero-order valence-corrected chi connectivity index (χ0v) is 28.1. The Morgan fingerprint density at radius 1 is 0.714 bits per heavy atom. The first-order valence-electron chi connectivity index (χ1n) is 16.1. The van der Waals surface area contributed by atoms with Crippen LogP contribution in [0.1, 0.15) is 117 Å². The molecule has 1 saturated heterocycles. The van der Waals surface area contributed by atoms with Crippen LogP contribution in [-0.2, 0) is 10.8 Å². The van der Waals surface area contributed by atoms with Crippen LogP contribution >= 0.6 is 0 Å². The van der Waals surface area contributed by atoms with Crippen LogP contribution in [0.15, 0.2) is 77.8 Å². The van der Waals surface area contributed by atoms with Crippen molar-refractivity contribution in [1.82, 2.24) is 5.32 Å². The van der Waals surface area contributed by atoms with Crippen molar-refractivity contribution >= 4 is 17.4 Å². The van der Waals surface area contributed by atoms with Crippen LogP contribution in [0.4, 0.5) is 0 Å². The minimum absolute atomic E-state index is 0.156. The molecular weight excluding hydrogens is 508 g/mol. The summed E-state index contributed by atoms with van der Waals surface area (Å²) in [5.41, 5.74) is 8.56. The maximum absolute atomic E-state index is 4.94. The van der Waals surface area contributed by atoms with Gasteiger partial charge in [-0.2, -0.15) is 0 Å². The average Bonchev–Trinajstić information content (AvgIpc) is 3.09. The van der Waals surface area contributed by atoms with Gasteiger partial charge in [-0.05, 0) is 109 Å². The van der Waals surface area contributed by atoms with Crippen molar-refractivity contribution in [2.45, 2.75) is 117 Å². The number of hydrogen-bond donors (Lipinski definition) is 1. The summed E-state index contributed by atoms with van der Waals surface area (Å²) in [4.78, 5) is 4.94. The van der Waals surface area contributed by atoms with Crippen LogP contribution in [0, 0.1) is 11.8 Å². The lowest BCUT2D eigenvalue weighted by atomic mass is 9.76. The molecule has 0 amide bonds. The van der Waals surface area contributed by atoms with Gasteiger partial charge < -0.3 is 5.32 Å². The van der Waals surface area contributed by atoms with Gasteiger partial charge in [0, 0.05) is 23.8 Å². The molecule has 0 spiro atoms. The fourth-order valence-electron chi connectivity index (χ4n) is 6.83. The number of nitrogens with zero attached hydrogens (tertiary/aromatic N) is 1. The van der Waals surface area contributed by atoms with Crippen LogP contribution in [0.5, 0.6) is 0 Å². The lowest BCUT2D eigenvalue weighted by molar-refractivity contribution is 0.159. The van der Waals surface area contributed by atoms with Crippen molar-refractivity contribution < 1.29 is 0 Å². The Bertz CT molecular complexity index is 1220. The van der Waals surface area contributed by atoms with Gasteiger partial charge >= 0.3 is 0 Å². The summed E-state index contributed by atoms with van der Waals surface area (Å²) in [5, 5.41) is 3.79. The van der Waals surface area contributed by atoms with E-state index in [-0.39, 0.29) is 21.9 Å². The molecule has 1 heterocycles. The maximum Gasteiger partial charge on any atom is 0.0385 e. The SMILES string of the molecule is CC1(C)CC(C=NCCCC2C=C(c3ccc(C(C)(C)C)cc3)C=CC(c3ccc(C(C)(C)C)cc3)=C2)CC(C)(C)N1. The van der Waals surface area contributed by atoms with E-state index in [1.807, 2.05) is 0 Å². The highest BCUT2D eigenvalue weighted by atomic mass is 15.0. The molecule has 0 aromatic heterocycles. The number of piperidine rings is 1. The van der Waals surface area contributed by atoms with Crippen molar-refractivity contribution in [2.75, 3.05) is 6.54 Å². The van der Waals surface area contributed by atoms with E-state index in [1.165, 1.54) is 33.4 Å². The summed E-state index contributed by atoms with van der Waals surface area (Å²) >= 11 is 0. The van der Waals surface area contributed by atoms with Gasteiger partial charge in [-0.1, -0.05) is 114 Å². The van der Waals surface area contributed by atoms with Crippen LogP contribution < -0.4 is 5.32 Å². The molecule has 2 nitrogen and oxygen atoms in total. The quantitative estimate of drug-likeness (QED) is 0.262. The zero-order valence-electron chi connectivity index (χ0n) is 28.1. The first-order chi connectivity index (χ1) is 19.5. The second-order valence-corrected chi connectivity index (χ2v) is 16.2. The van der Waals surface area contributed by atoms with Gasteiger partial charge in [0.1, 0.15) is 0 Å². The molecule has 1 N–H and O–H groups in total. The fraction of sp³-hybridized carbons (Fsp3) is 0.525. The van der Waals surface area contributed by atoms with E-state index < -0.39 is 0 Å². The van der Waals surface area contributed by atoms with Gasteiger partial charge in [-0.25, -0.2) is 0 Å². The third-order valence-corrected chi connectivity index (χ3v) is 8.76. The predicted molar refractivity (Wildman–Crippen MR) is 185 cm³/mol. The Morgan fingerprint density at radius 2 is 1.14 bits per heavy atom. The number of nitrogens with one attached hydrogen (secondary N) is 1. The summed E-state index contributed by atoms with van der Waals surface area (Å²) < 4.78 is 0. The fourth-order valence-corrected chi connectivity index (χ4v) is 6.83. The summed E-state index contributed by atoms with van der Waals surface area (Å²) in [6, 6.07) is 18.4. The van der Waals surface area contributed by atoms with E-state index in [9.17, 15) is 0 Å². The van der Waals surface area contributed by atoms with Crippen LogP contribution in [0.2, 0.25) is 0 Å². The third-order valence-electron chi connectivity index (χ3n) is 8.76. The van der Waals surface area contributed by atoms with Crippen molar-refractivity contribution in [3.8, 4) is 0 Å². The highest BCUT2D eigenvalue weighted by Crippen LogP contribution is 2.34. The Balaban J connectivity index is 1.51. The Hall–Kier alpha value is -2.71. The Morgan fingerprint density at radius 3 is 1.55 bits per heavy atom. The molecule has 1 aliphatic heterocycles. The molecule has 2 heteroatoms. The van der Waals surface area contributed by atoms with Crippen LogP contribution in [0.3, 0.4) is 0 Å². The van der Waals surface area contributed by atoms with E-state index >= 15 is 0 Å². The first kappa shape index (κ1) is 32.2. The van der Waals surface area contributed by atoms with Crippen molar-refractivity contribution in [1.29, 1.82) is 0 Å². The molecule has 0 bridgehead atoms. The molecule has 42 heavy (non-hydrogen) atoms. The van der Waals surface area contributed by atoms with Crippen LogP contribution in [-0.4, -0.2) is 23.8 Å². The van der Waals surface area contributed by atoms with E-state index in [0.717, 1.165) is 32.2 Å². The second-order valence-electron chi connectivity index (χ2n) is 16.2. The summed E-state index contributed by atoms with van der Waals surface area (Å²) in [5.74, 6) is 0.907. The predicted octanol–water partition coefficient (Wildman–Crippen LogP) is 10.3. The van der Waals surface area contributed by atoms with Gasteiger partial charge in [0.15, 0.2) is 0 Å². The first-order valence-corrected chi connectivity index (χ1v) is 16.1. The summed E-state index contributed by atoms with van der Waals surface area (Å²) in [7, 11) is 0. The van der Waals surface area contributed by atoms with Crippen molar-refractivity contribution in [2.24, 2.45) is 16.8 Å². The standard InChI is InChI=1S/C40H56N2/c1-37(2,3)35-19-15-31(16-20-35)33-13-14-34(32-17-21-36(22-18-32)38(4,5)6)25-29(24-33)12-11-23-41-28-30-26-39(7,8)42-40(9,10)27-30/h13-22,24-25,28-30,42H,11-12,23,26-27H2,1-10H3. The van der Waals surface area contributed by atoms with Gasteiger partial charge in [-0.3, -0.25) is 4.99 Å². The van der Waals surface area contributed by atoms with E-state index in [1.54, 1.807) is 0 Å². The van der Waals surface area contributed by atoms with Gasteiger partial charge in [-0.15, -0.1) is 0 Å². The zero-order chi connectivity index (χ0) is 30.8. The third kappa shape index (κ3) is 8.90. The molecule has 1 fully saturated rings. The van der Waals surface area contributed by atoms with E-state index in [0.29, 0.717) is 11.8 Å². The topological polar surface area (TPSA) is 24.4 Å². The number of hydrogen-bond acceptors (Lipinski definition) is 2. The molecule has 0 saturated carbocycles. The number of rotatable bonds is 7. The minimum atomic E-state index is 0.156. The summed E-state index contributed by atoms with van der Waals surface area (Å²) in [6.45, 7) is 23.8. The Kier molecular flexibility index (Phi) is 9.58. The number of aliphatic imine (C=N–C) groups is 1. The molecule has 0 unspecified atom stereocenters. The van der Waals surface area contributed by atoms with Crippen molar-refractivity contribution in [3.05, 3.63) is 95.1 Å². The van der Waals surface area contributed by atoms with Gasteiger partial charge in [0.2, 0.25) is 0 Å². The van der Waals surface area contributed by atoms with E-state index in [4.69, 9.17) is 4.99 Å².